The number of halogens is 2. The van der Waals surface area contributed by atoms with E-state index >= 15 is 0 Å². The Bertz CT molecular complexity index is 969. The van der Waals surface area contributed by atoms with Gasteiger partial charge in [0.05, 0.1) is 16.6 Å². The lowest BCUT2D eigenvalue weighted by Gasteiger charge is -2.09. The van der Waals surface area contributed by atoms with Gasteiger partial charge in [-0.3, -0.25) is 0 Å². The SMILES string of the molecule is CCn1c(-c2cccc(F)c2F)c(C#N)c2c(N)nc(C)nc21. The number of anilines is 1. The molecule has 0 unspecified atom stereocenters. The van der Waals surface area contributed by atoms with Gasteiger partial charge < -0.3 is 10.3 Å². The Balaban J connectivity index is 2.53. The zero-order valence-electron chi connectivity index (χ0n) is 12.6. The molecule has 0 fully saturated rings. The van der Waals surface area contributed by atoms with E-state index in [1.165, 1.54) is 12.1 Å². The van der Waals surface area contributed by atoms with Crippen molar-refractivity contribution in [1.29, 1.82) is 5.26 Å². The minimum Gasteiger partial charge on any atom is -0.383 e. The number of rotatable bonds is 2. The molecule has 0 aliphatic heterocycles. The van der Waals surface area contributed by atoms with E-state index in [2.05, 4.69) is 9.97 Å². The van der Waals surface area contributed by atoms with Crippen LogP contribution in [0.1, 0.15) is 18.3 Å². The Morgan fingerprint density at radius 2 is 2.04 bits per heavy atom. The Morgan fingerprint density at radius 1 is 1.30 bits per heavy atom. The maximum Gasteiger partial charge on any atom is 0.168 e. The molecule has 0 radical (unpaired) electrons. The van der Waals surface area contributed by atoms with E-state index in [0.717, 1.165) is 6.07 Å². The summed E-state index contributed by atoms with van der Waals surface area (Å²) in [6.45, 7) is 3.92. The first-order valence-corrected chi connectivity index (χ1v) is 7.00. The predicted molar refractivity (Wildman–Crippen MR) is 82.4 cm³/mol. The summed E-state index contributed by atoms with van der Waals surface area (Å²) in [6, 6.07) is 5.88. The van der Waals surface area contributed by atoms with E-state index in [-0.39, 0.29) is 22.6 Å². The van der Waals surface area contributed by atoms with Gasteiger partial charge in [0.15, 0.2) is 11.6 Å². The van der Waals surface area contributed by atoms with Crippen molar-refractivity contribution in [3.8, 4) is 17.3 Å². The van der Waals surface area contributed by atoms with Gasteiger partial charge in [-0.2, -0.15) is 5.26 Å². The van der Waals surface area contributed by atoms with Gasteiger partial charge in [-0.25, -0.2) is 18.7 Å². The lowest BCUT2D eigenvalue weighted by atomic mass is 10.1. The molecule has 116 valence electrons. The summed E-state index contributed by atoms with van der Waals surface area (Å²) in [4.78, 5) is 8.39. The first-order valence-electron chi connectivity index (χ1n) is 7.00. The first kappa shape index (κ1) is 14.9. The topological polar surface area (TPSA) is 80.5 Å². The Hall–Kier alpha value is -3.01. The third kappa shape index (κ3) is 2.11. The van der Waals surface area contributed by atoms with Crippen LogP contribution in [0.15, 0.2) is 18.2 Å². The molecule has 2 aromatic heterocycles. The fraction of sp³-hybridized carbons (Fsp3) is 0.188. The van der Waals surface area contributed by atoms with Crippen molar-refractivity contribution >= 4 is 16.9 Å². The molecule has 0 aliphatic rings. The smallest absolute Gasteiger partial charge is 0.168 e. The molecule has 0 spiro atoms. The van der Waals surface area contributed by atoms with Crippen LogP contribution in [0, 0.1) is 29.9 Å². The summed E-state index contributed by atoms with van der Waals surface area (Å²) < 4.78 is 29.5. The average Bonchev–Trinajstić information content (AvgIpc) is 2.83. The molecule has 5 nitrogen and oxygen atoms in total. The number of hydrogen-bond donors (Lipinski definition) is 1. The molecule has 0 atom stereocenters. The Kier molecular flexibility index (Phi) is 3.45. The standard InChI is InChI=1S/C16H13F2N5/c1-3-23-14(9-5-4-6-11(17)13(9)18)10(7-19)12-15(20)21-8(2)22-16(12)23/h4-6H,3H2,1-2H3,(H2,20,21,22). The maximum absolute atomic E-state index is 14.3. The van der Waals surface area contributed by atoms with E-state index in [4.69, 9.17) is 5.73 Å². The van der Waals surface area contributed by atoms with Crippen LogP contribution in [0.5, 0.6) is 0 Å². The molecule has 0 saturated carbocycles. The number of hydrogen-bond acceptors (Lipinski definition) is 4. The maximum atomic E-state index is 14.3. The van der Waals surface area contributed by atoms with Crippen LogP contribution in [0.4, 0.5) is 14.6 Å². The van der Waals surface area contributed by atoms with Crippen LogP contribution < -0.4 is 5.73 Å². The third-order valence-corrected chi connectivity index (χ3v) is 3.68. The Labute approximate surface area is 131 Å². The fourth-order valence-electron chi connectivity index (χ4n) is 2.76. The second kappa shape index (κ2) is 5.32. The third-order valence-electron chi connectivity index (χ3n) is 3.68. The summed E-state index contributed by atoms with van der Waals surface area (Å²) >= 11 is 0. The lowest BCUT2D eigenvalue weighted by molar-refractivity contribution is 0.510. The molecular weight excluding hydrogens is 300 g/mol. The number of nitrogens with zero attached hydrogens (tertiary/aromatic N) is 4. The number of benzene rings is 1. The summed E-state index contributed by atoms with van der Waals surface area (Å²) in [5.41, 5.74) is 6.77. The lowest BCUT2D eigenvalue weighted by Crippen LogP contribution is -2.02. The van der Waals surface area contributed by atoms with Gasteiger partial charge in [0.2, 0.25) is 0 Å². The highest BCUT2D eigenvalue weighted by atomic mass is 19.2. The summed E-state index contributed by atoms with van der Waals surface area (Å²) in [6.07, 6.45) is 0. The zero-order chi connectivity index (χ0) is 16.7. The predicted octanol–water partition coefficient (Wildman–Crippen LogP) is 3.16. The molecule has 0 bridgehead atoms. The van der Waals surface area contributed by atoms with Crippen molar-refractivity contribution in [1.82, 2.24) is 14.5 Å². The Morgan fingerprint density at radius 3 is 2.70 bits per heavy atom. The minimum atomic E-state index is -1.01. The monoisotopic (exact) mass is 313 g/mol. The van der Waals surface area contributed by atoms with Crippen LogP contribution in [0.3, 0.4) is 0 Å². The summed E-state index contributed by atoms with van der Waals surface area (Å²) in [5, 5.41) is 9.91. The molecule has 2 N–H and O–H groups in total. The van der Waals surface area contributed by atoms with Gasteiger partial charge in [-0.05, 0) is 26.0 Å². The summed E-state index contributed by atoms with van der Waals surface area (Å²) in [5.74, 6) is -1.40. The zero-order valence-corrected chi connectivity index (χ0v) is 12.6. The quantitative estimate of drug-likeness (QED) is 0.788. The number of nitrogens with two attached hydrogens (primary N) is 1. The molecule has 3 rings (SSSR count). The molecule has 2 heterocycles. The van der Waals surface area contributed by atoms with Crippen molar-refractivity contribution in [2.75, 3.05) is 5.73 Å². The summed E-state index contributed by atoms with van der Waals surface area (Å²) in [7, 11) is 0. The molecule has 1 aromatic carbocycles. The van der Waals surface area contributed by atoms with E-state index in [1.807, 2.05) is 13.0 Å². The fourth-order valence-corrected chi connectivity index (χ4v) is 2.76. The van der Waals surface area contributed by atoms with E-state index in [0.29, 0.717) is 23.4 Å². The van der Waals surface area contributed by atoms with Crippen LogP contribution in [0.25, 0.3) is 22.3 Å². The van der Waals surface area contributed by atoms with Crippen molar-refractivity contribution < 1.29 is 8.78 Å². The van der Waals surface area contributed by atoms with Crippen LogP contribution in [-0.2, 0) is 6.54 Å². The number of aryl methyl sites for hydroxylation is 2. The van der Waals surface area contributed by atoms with Crippen molar-refractivity contribution in [2.45, 2.75) is 20.4 Å². The number of nitriles is 1. The number of nitrogen functional groups attached to an aromatic ring is 1. The molecule has 23 heavy (non-hydrogen) atoms. The highest BCUT2D eigenvalue weighted by Gasteiger charge is 2.24. The van der Waals surface area contributed by atoms with Crippen molar-refractivity contribution in [2.24, 2.45) is 0 Å². The number of aromatic nitrogens is 3. The van der Waals surface area contributed by atoms with Gasteiger partial charge in [0, 0.05) is 12.1 Å². The van der Waals surface area contributed by atoms with Gasteiger partial charge in [-0.1, -0.05) is 6.07 Å². The second-order valence-electron chi connectivity index (χ2n) is 5.04. The molecule has 0 amide bonds. The largest absolute Gasteiger partial charge is 0.383 e. The van der Waals surface area contributed by atoms with Crippen LogP contribution >= 0.6 is 0 Å². The molecular formula is C16H13F2N5. The van der Waals surface area contributed by atoms with Crippen molar-refractivity contribution in [3.05, 3.63) is 41.2 Å². The van der Waals surface area contributed by atoms with Gasteiger partial charge in [0.1, 0.15) is 23.4 Å². The van der Waals surface area contributed by atoms with E-state index in [1.54, 1.807) is 11.5 Å². The van der Waals surface area contributed by atoms with E-state index in [9.17, 15) is 14.0 Å². The highest BCUT2D eigenvalue weighted by molar-refractivity contribution is 5.98. The van der Waals surface area contributed by atoms with Crippen molar-refractivity contribution in [3.63, 3.8) is 0 Å². The van der Waals surface area contributed by atoms with Gasteiger partial charge in [-0.15, -0.1) is 0 Å². The molecule has 7 heteroatoms. The van der Waals surface area contributed by atoms with Gasteiger partial charge in [0.25, 0.3) is 0 Å². The molecule has 0 aliphatic carbocycles. The minimum absolute atomic E-state index is 0.00143. The van der Waals surface area contributed by atoms with Gasteiger partial charge >= 0.3 is 0 Å². The molecule has 0 saturated heterocycles. The van der Waals surface area contributed by atoms with E-state index < -0.39 is 11.6 Å². The first-order chi connectivity index (χ1) is 11.0. The second-order valence-corrected chi connectivity index (χ2v) is 5.04. The molecule has 3 aromatic rings. The van der Waals surface area contributed by atoms with Crippen LogP contribution in [-0.4, -0.2) is 14.5 Å². The normalized spacial score (nSPS) is 10.9. The van der Waals surface area contributed by atoms with Crippen LogP contribution in [0.2, 0.25) is 0 Å². The highest BCUT2D eigenvalue weighted by Crippen LogP contribution is 2.36. The average molecular weight is 313 g/mol. The number of fused-ring (bicyclic) bond motifs is 1.